The van der Waals surface area contributed by atoms with Gasteiger partial charge in [-0.25, -0.2) is 4.39 Å². The van der Waals surface area contributed by atoms with Gasteiger partial charge in [0.2, 0.25) is 0 Å². The van der Waals surface area contributed by atoms with Crippen LogP contribution in [0.25, 0.3) is 0 Å². The van der Waals surface area contributed by atoms with Gasteiger partial charge in [-0.1, -0.05) is 0 Å². The Morgan fingerprint density at radius 3 is 2.83 bits per heavy atom. The lowest BCUT2D eigenvalue weighted by Gasteiger charge is -2.44. The van der Waals surface area contributed by atoms with Crippen LogP contribution in [-0.2, 0) is 4.74 Å². The van der Waals surface area contributed by atoms with Gasteiger partial charge in [-0.3, -0.25) is 0 Å². The zero-order valence-corrected chi connectivity index (χ0v) is 11.8. The van der Waals surface area contributed by atoms with E-state index in [1.807, 2.05) is 11.8 Å². The second-order valence-electron chi connectivity index (χ2n) is 6.04. The van der Waals surface area contributed by atoms with Crippen molar-refractivity contribution in [2.75, 3.05) is 24.7 Å². The quantitative estimate of drug-likeness (QED) is 0.836. The predicted molar refractivity (Wildman–Crippen MR) is 73.9 cm³/mol. The van der Waals surface area contributed by atoms with Gasteiger partial charge in [0.15, 0.2) is 0 Å². The molecule has 104 valence electrons. The molecule has 3 aliphatic rings. The van der Waals surface area contributed by atoms with Crippen LogP contribution in [-0.4, -0.2) is 42.5 Å². The minimum atomic E-state index is -0.664. The first-order valence-electron chi connectivity index (χ1n) is 7.38. The molecule has 2 nitrogen and oxygen atoms in total. The fraction of sp³-hybridized carbons (Fsp3) is 1.00. The summed E-state index contributed by atoms with van der Waals surface area (Å²) in [7, 11) is 0. The van der Waals surface area contributed by atoms with E-state index in [1.165, 1.54) is 11.5 Å². The van der Waals surface area contributed by atoms with Crippen molar-refractivity contribution < 1.29 is 9.13 Å². The highest BCUT2D eigenvalue weighted by molar-refractivity contribution is 7.99. The van der Waals surface area contributed by atoms with Crippen LogP contribution in [0.15, 0.2) is 0 Å². The van der Waals surface area contributed by atoms with Crippen LogP contribution < -0.4 is 5.32 Å². The van der Waals surface area contributed by atoms with E-state index in [9.17, 15) is 4.39 Å². The summed E-state index contributed by atoms with van der Waals surface area (Å²) >= 11 is 2.01. The lowest BCUT2D eigenvalue weighted by Crippen LogP contribution is -2.48. The number of ether oxygens (including phenoxy) is 1. The molecule has 18 heavy (non-hydrogen) atoms. The fourth-order valence-corrected chi connectivity index (χ4v) is 4.98. The zero-order valence-electron chi connectivity index (χ0n) is 11.0. The van der Waals surface area contributed by atoms with Crippen LogP contribution in [0.4, 0.5) is 4.39 Å². The van der Waals surface area contributed by atoms with E-state index in [-0.39, 0.29) is 17.6 Å². The molecule has 4 heteroatoms. The molecule has 0 aromatic heterocycles. The normalized spacial score (nSPS) is 37.8. The molecule has 0 aromatic rings. The van der Waals surface area contributed by atoms with E-state index in [2.05, 4.69) is 5.32 Å². The van der Waals surface area contributed by atoms with Crippen LogP contribution in [0.2, 0.25) is 0 Å². The van der Waals surface area contributed by atoms with Gasteiger partial charge < -0.3 is 10.1 Å². The maximum absolute atomic E-state index is 14.6. The van der Waals surface area contributed by atoms with Crippen LogP contribution in [0, 0.1) is 5.92 Å². The highest BCUT2D eigenvalue weighted by atomic mass is 32.2. The molecule has 0 aliphatic carbocycles. The van der Waals surface area contributed by atoms with Gasteiger partial charge >= 0.3 is 0 Å². The van der Waals surface area contributed by atoms with Crippen LogP contribution >= 0.6 is 11.8 Å². The molecule has 0 amide bonds. The Labute approximate surface area is 113 Å². The van der Waals surface area contributed by atoms with Crippen molar-refractivity contribution >= 4 is 11.8 Å². The highest BCUT2D eigenvalue weighted by Gasteiger charge is 2.43. The topological polar surface area (TPSA) is 21.3 Å². The Morgan fingerprint density at radius 1 is 1.28 bits per heavy atom. The van der Waals surface area contributed by atoms with E-state index < -0.39 is 6.17 Å². The van der Waals surface area contributed by atoms with Crippen molar-refractivity contribution in [1.29, 1.82) is 0 Å². The summed E-state index contributed by atoms with van der Waals surface area (Å²) in [5.74, 6) is 2.59. The number of nitrogens with one attached hydrogen (secondary N) is 1. The van der Waals surface area contributed by atoms with Crippen molar-refractivity contribution in [1.82, 2.24) is 5.32 Å². The van der Waals surface area contributed by atoms with Crippen molar-refractivity contribution in [2.45, 2.75) is 56.3 Å². The molecule has 3 rings (SSSR count). The molecular weight excluding hydrogens is 249 g/mol. The summed E-state index contributed by atoms with van der Waals surface area (Å²) in [5, 5.41) is 3.33. The Morgan fingerprint density at radius 2 is 2.11 bits per heavy atom. The smallest absolute Gasteiger partial charge is 0.118 e. The molecule has 3 atom stereocenters. The summed E-state index contributed by atoms with van der Waals surface area (Å²) in [6.45, 7) is 1.76. The first kappa shape index (κ1) is 13.2. The molecule has 1 spiro atoms. The number of hydrogen-bond acceptors (Lipinski definition) is 3. The van der Waals surface area contributed by atoms with Crippen molar-refractivity contribution in [2.24, 2.45) is 5.92 Å². The van der Waals surface area contributed by atoms with Gasteiger partial charge in [-0.05, 0) is 62.5 Å². The fourth-order valence-electron chi connectivity index (χ4n) is 3.74. The second kappa shape index (κ2) is 5.68. The standard InChI is InChI=1S/C14H24FNOS/c15-13(12-2-1-6-16-12)11-3-7-17-14(10-11)4-8-18-9-5-14/h11-13,16H,1-10H2. The Kier molecular flexibility index (Phi) is 4.16. The van der Waals surface area contributed by atoms with E-state index in [0.29, 0.717) is 0 Å². The zero-order chi connectivity index (χ0) is 12.4. The Bertz CT molecular complexity index is 271. The summed E-state index contributed by atoms with van der Waals surface area (Å²) < 4.78 is 20.7. The first-order valence-corrected chi connectivity index (χ1v) is 8.54. The molecular formula is C14H24FNOS. The average molecular weight is 273 g/mol. The monoisotopic (exact) mass is 273 g/mol. The van der Waals surface area contributed by atoms with E-state index in [4.69, 9.17) is 4.74 Å². The third kappa shape index (κ3) is 2.70. The van der Waals surface area contributed by atoms with Gasteiger partial charge in [0.1, 0.15) is 6.17 Å². The van der Waals surface area contributed by atoms with E-state index >= 15 is 0 Å². The van der Waals surface area contributed by atoms with Crippen LogP contribution in [0.1, 0.15) is 38.5 Å². The molecule has 3 heterocycles. The van der Waals surface area contributed by atoms with E-state index in [0.717, 1.165) is 51.7 Å². The van der Waals surface area contributed by atoms with Gasteiger partial charge in [0, 0.05) is 12.6 Å². The molecule has 0 radical (unpaired) electrons. The minimum absolute atomic E-state index is 0.0249. The number of thioether (sulfide) groups is 1. The molecule has 3 saturated heterocycles. The first-order chi connectivity index (χ1) is 8.79. The van der Waals surface area contributed by atoms with Gasteiger partial charge in [-0.2, -0.15) is 11.8 Å². The molecule has 3 aliphatic heterocycles. The van der Waals surface area contributed by atoms with Gasteiger partial charge in [0.05, 0.1) is 5.60 Å². The third-order valence-electron chi connectivity index (χ3n) is 4.87. The molecule has 0 saturated carbocycles. The number of rotatable bonds is 2. The van der Waals surface area contributed by atoms with Crippen LogP contribution in [0.3, 0.4) is 0 Å². The number of hydrogen-bond donors (Lipinski definition) is 1. The molecule has 0 aromatic carbocycles. The van der Waals surface area contributed by atoms with Crippen molar-refractivity contribution in [3.05, 3.63) is 0 Å². The summed E-state index contributed by atoms with van der Waals surface area (Å²) in [6.07, 6.45) is 5.60. The summed E-state index contributed by atoms with van der Waals surface area (Å²) in [4.78, 5) is 0. The number of alkyl halides is 1. The maximum atomic E-state index is 14.6. The molecule has 3 unspecified atom stereocenters. The average Bonchev–Trinajstić information content (AvgIpc) is 2.93. The number of halogens is 1. The third-order valence-corrected chi connectivity index (χ3v) is 5.85. The maximum Gasteiger partial charge on any atom is 0.118 e. The highest BCUT2D eigenvalue weighted by Crippen LogP contribution is 2.42. The Hall–Kier alpha value is 0.200. The second-order valence-corrected chi connectivity index (χ2v) is 7.27. The minimum Gasteiger partial charge on any atom is -0.375 e. The van der Waals surface area contributed by atoms with Crippen molar-refractivity contribution in [3.8, 4) is 0 Å². The molecule has 3 fully saturated rings. The summed E-state index contributed by atoms with van der Waals surface area (Å²) in [6, 6.07) is 0.114. The van der Waals surface area contributed by atoms with Gasteiger partial charge in [0.25, 0.3) is 0 Å². The van der Waals surface area contributed by atoms with Crippen molar-refractivity contribution in [3.63, 3.8) is 0 Å². The van der Waals surface area contributed by atoms with E-state index in [1.54, 1.807) is 0 Å². The van der Waals surface area contributed by atoms with Gasteiger partial charge in [-0.15, -0.1) is 0 Å². The largest absolute Gasteiger partial charge is 0.375 e. The SMILES string of the molecule is FC(C1CCOC2(CCSCC2)C1)C1CCCN1. The lowest BCUT2D eigenvalue weighted by molar-refractivity contribution is -0.115. The molecule has 1 N–H and O–H groups in total. The van der Waals surface area contributed by atoms with Crippen LogP contribution in [0.5, 0.6) is 0 Å². The Balaban J connectivity index is 1.62. The molecule has 0 bridgehead atoms. The lowest BCUT2D eigenvalue weighted by atomic mass is 9.78. The summed E-state index contributed by atoms with van der Waals surface area (Å²) in [5.41, 5.74) is 0.0249. The predicted octanol–water partition coefficient (Wildman–Crippen LogP) is 2.77.